The van der Waals surface area contributed by atoms with Crippen molar-refractivity contribution in [1.29, 1.82) is 0 Å². The number of nitrogens with zero attached hydrogens (tertiary/aromatic N) is 2. The zero-order valence-electron chi connectivity index (χ0n) is 12.1. The van der Waals surface area contributed by atoms with Gasteiger partial charge in [0.1, 0.15) is 5.82 Å². The normalized spacial score (nSPS) is 12.6. The Morgan fingerprint density at radius 2 is 2.20 bits per heavy atom. The van der Waals surface area contributed by atoms with Crippen LogP contribution in [0.2, 0.25) is 5.02 Å². The molecule has 1 atom stereocenters. The molecule has 4 heteroatoms. The second-order valence-corrected chi connectivity index (χ2v) is 5.35. The molecule has 2 aromatic rings. The molecule has 0 bridgehead atoms. The van der Waals surface area contributed by atoms with Crippen LogP contribution in [0.1, 0.15) is 37.7 Å². The van der Waals surface area contributed by atoms with E-state index in [0.717, 1.165) is 36.8 Å². The molecular formula is C16H22ClN3. The summed E-state index contributed by atoms with van der Waals surface area (Å²) >= 11 is 6.07. The SMILES string of the molecule is CCCNC(Cc1cccc(Cl)c1)c1nccn1CC. The minimum atomic E-state index is 0.225. The minimum Gasteiger partial charge on any atom is -0.334 e. The lowest BCUT2D eigenvalue weighted by Gasteiger charge is -2.19. The minimum absolute atomic E-state index is 0.225. The molecule has 3 nitrogen and oxygen atoms in total. The van der Waals surface area contributed by atoms with Crippen LogP contribution in [0.3, 0.4) is 0 Å². The Bertz CT molecular complexity index is 536. The third kappa shape index (κ3) is 3.84. The zero-order chi connectivity index (χ0) is 14.4. The summed E-state index contributed by atoms with van der Waals surface area (Å²) in [5.74, 6) is 1.10. The number of nitrogens with one attached hydrogen (secondary N) is 1. The summed E-state index contributed by atoms with van der Waals surface area (Å²) in [5, 5.41) is 4.38. The van der Waals surface area contributed by atoms with E-state index >= 15 is 0 Å². The lowest BCUT2D eigenvalue weighted by Crippen LogP contribution is -2.27. The average molecular weight is 292 g/mol. The van der Waals surface area contributed by atoms with Gasteiger partial charge in [-0.2, -0.15) is 0 Å². The number of rotatable bonds is 7. The number of benzene rings is 1. The Morgan fingerprint density at radius 1 is 1.35 bits per heavy atom. The van der Waals surface area contributed by atoms with Crippen LogP contribution in [0.4, 0.5) is 0 Å². The third-order valence-electron chi connectivity index (χ3n) is 3.37. The quantitative estimate of drug-likeness (QED) is 0.840. The maximum Gasteiger partial charge on any atom is 0.126 e. The summed E-state index contributed by atoms with van der Waals surface area (Å²) < 4.78 is 2.19. The highest BCUT2D eigenvalue weighted by Crippen LogP contribution is 2.19. The standard InChI is InChI=1S/C16H22ClN3/c1-3-8-18-15(16-19-9-10-20(16)4-2)12-13-6-5-7-14(17)11-13/h5-7,9-11,15,18H,3-4,8,12H2,1-2H3. The van der Waals surface area contributed by atoms with Crippen LogP contribution in [0, 0.1) is 0 Å². The van der Waals surface area contributed by atoms with Crippen LogP contribution in [-0.2, 0) is 13.0 Å². The van der Waals surface area contributed by atoms with E-state index in [1.807, 2.05) is 30.6 Å². The summed E-state index contributed by atoms with van der Waals surface area (Å²) in [5.41, 5.74) is 1.23. The highest BCUT2D eigenvalue weighted by Gasteiger charge is 2.16. The molecule has 0 saturated carbocycles. The molecule has 1 aromatic heterocycles. The van der Waals surface area contributed by atoms with Crippen molar-refractivity contribution in [3.05, 3.63) is 53.1 Å². The fourth-order valence-corrected chi connectivity index (χ4v) is 2.58. The first-order valence-electron chi connectivity index (χ1n) is 7.23. The van der Waals surface area contributed by atoms with Gasteiger partial charge in [0.2, 0.25) is 0 Å². The van der Waals surface area contributed by atoms with Crippen LogP contribution in [0.15, 0.2) is 36.7 Å². The molecule has 0 saturated heterocycles. The molecule has 0 radical (unpaired) electrons. The number of hydrogen-bond donors (Lipinski definition) is 1. The molecule has 1 unspecified atom stereocenters. The van der Waals surface area contributed by atoms with Crippen molar-refractivity contribution in [2.24, 2.45) is 0 Å². The highest BCUT2D eigenvalue weighted by molar-refractivity contribution is 6.30. The molecule has 108 valence electrons. The molecule has 0 amide bonds. The molecule has 1 heterocycles. The van der Waals surface area contributed by atoms with Crippen molar-refractivity contribution in [2.75, 3.05) is 6.54 Å². The van der Waals surface area contributed by atoms with Gasteiger partial charge in [0.25, 0.3) is 0 Å². The smallest absolute Gasteiger partial charge is 0.126 e. The second kappa shape index (κ2) is 7.46. The van der Waals surface area contributed by atoms with Crippen molar-refractivity contribution in [2.45, 2.75) is 39.3 Å². The van der Waals surface area contributed by atoms with E-state index < -0.39 is 0 Å². The van der Waals surface area contributed by atoms with Crippen LogP contribution < -0.4 is 5.32 Å². The van der Waals surface area contributed by atoms with Gasteiger partial charge in [-0.25, -0.2) is 4.98 Å². The Hall–Kier alpha value is -1.32. The summed E-state index contributed by atoms with van der Waals surface area (Å²) in [4.78, 5) is 4.53. The van der Waals surface area contributed by atoms with Crippen molar-refractivity contribution < 1.29 is 0 Å². The van der Waals surface area contributed by atoms with Gasteiger partial charge in [0, 0.05) is 24.0 Å². The van der Waals surface area contributed by atoms with Crippen molar-refractivity contribution in [3.8, 4) is 0 Å². The predicted octanol–water partition coefficient (Wildman–Crippen LogP) is 3.84. The fourth-order valence-electron chi connectivity index (χ4n) is 2.37. The molecule has 0 aliphatic rings. The van der Waals surface area contributed by atoms with Gasteiger partial charge in [-0.05, 0) is 44.0 Å². The van der Waals surface area contributed by atoms with Crippen LogP contribution >= 0.6 is 11.6 Å². The number of halogens is 1. The highest BCUT2D eigenvalue weighted by atomic mass is 35.5. The lowest BCUT2D eigenvalue weighted by molar-refractivity contribution is 0.482. The maximum atomic E-state index is 6.07. The Balaban J connectivity index is 2.19. The second-order valence-electron chi connectivity index (χ2n) is 4.91. The number of hydrogen-bond acceptors (Lipinski definition) is 2. The van der Waals surface area contributed by atoms with Crippen molar-refractivity contribution >= 4 is 11.6 Å². The van der Waals surface area contributed by atoms with Gasteiger partial charge >= 0.3 is 0 Å². The van der Waals surface area contributed by atoms with E-state index in [4.69, 9.17) is 11.6 Å². The first-order chi connectivity index (χ1) is 9.74. The zero-order valence-corrected chi connectivity index (χ0v) is 12.9. The molecule has 1 N–H and O–H groups in total. The van der Waals surface area contributed by atoms with Gasteiger partial charge in [-0.15, -0.1) is 0 Å². The van der Waals surface area contributed by atoms with E-state index in [1.165, 1.54) is 5.56 Å². The molecule has 2 rings (SSSR count). The molecule has 0 aliphatic carbocycles. The van der Waals surface area contributed by atoms with Crippen LogP contribution in [-0.4, -0.2) is 16.1 Å². The van der Waals surface area contributed by atoms with Crippen molar-refractivity contribution in [1.82, 2.24) is 14.9 Å². The first-order valence-corrected chi connectivity index (χ1v) is 7.61. The summed E-state index contributed by atoms with van der Waals surface area (Å²) in [7, 11) is 0. The van der Waals surface area contributed by atoms with E-state index in [9.17, 15) is 0 Å². The Morgan fingerprint density at radius 3 is 2.90 bits per heavy atom. The number of aromatic nitrogens is 2. The van der Waals surface area contributed by atoms with Crippen LogP contribution in [0.25, 0.3) is 0 Å². The third-order valence-corrected chi connectivity index (χ3v) is 3.60. The molecule has 1 aromatic carbocycles. The Labute approximate surface area is 126 Å². The van der Waals surface area contributed by atoms with Gasteiger partial charge in [-0.3, -0.25) is 0 Å². The fraction of sp³-hybridized carbons (Fsp3) is 0.438. The van der Waals surface area contributed by atoms with Crippen molar-refractivity contribution in [3.63, 3.8) is 0 Å². The molecule has 0 fully saturated rings. The first kappa shape index (κ1) is 15.1. The molecular weight excluding hydrogens is 270 g/mol. The topological polar surface area (TPSA) is 29.9 Å². The average Bonchev–Trinajstić information content (AvgIpc) is 2.92. The van der Waals surface area contributed by atoms with Gasteiger partial charge in [-0.1, -0.05) is 30.7 Å². The summed E-state index contributed by atoms with van der Waals surface area (Å²) in [6.45, 7) is 6.24. The predicted molar refractivity (Wildman–Crippen MR) is 84.1 cm³/mol. The van der Waals surface area contributed by atoms with E-state index in [0.29, 0.717) is 0 Å². The largest absolute Gasteiger partial charge is 0.334 e. The molecule has 20 heavy (non-hydrogen) atoms. The van der Waals surface area contributed by atoms with E-state index in [2.05, 4.69) is 34.8 Å². The van der Waals surface area contributed by atoms with E-state index in [-0.39, 0.29) is 6.04 Å². The van der Waals surface area contributed by atoms with Gasteiger partial charge in [0.05, 0.1) is 6.04 Å². The Kier molecular flexibility index (Phi) is 5.62. The summed E-state index contributed by atoms with van der Waals surface area (Å²) in [6.07, 6.45) is 5.92. The monoisotopic (exact) mass is 291 g/mol. The number of imidazole rings is 1. The maximum absolute atomic E-state index is 6.07. The number of aryl methyl sites for hydroxylation is 1. The summed E-state index contributed by atoms with van der Waals surface area (Å²) in [6, 6.07) is 8.28. The van der Waals surface area contributed by atoms with Crippen LogP contribution in [0.5, 0.6) is 0 Å². The van der Waals surface area contributed by atoms with Gasteiger partial charge in [0.15, 0.2) is 0 Å². The van der Waals surface area contributed by atoms with Gasteiger partial charge < -0.3 is 9.88 Å². The van der Waals surface area contributed by atoms with E-state index in [1.54, 1.807) is 0 Å². The molecule has 0 spiro atoms. The lowest BCUT2D eigenvalue weighted by atomic mass is 10.1. The molecule has 0 aliphatic heterocycles.